The quantitative estimate of drug-likeness (QED) is 0.716. The van der Waals surface area contributed by atoms with Crippen LogP contribution in [-0.2, 0) is 6.42 Å². The zero-order chi connectivity index (χ0) is 14.3. The van der Waals surface area contributed by atoms with E-state index in [1.165, 1.54) is 0 Å². The van der Waals surface area contributed by atoms with E-state index in [4.69, 9.17) is 9.47 Å². The average molecular weight is 400 g/mol. The molecule has 1 atom stereocenters. The fourth-order valence-corrected chi connectivity index (χ4v) is 3.37. The first-order valence-electron chi connectivity index (χ1n) is 6.15. The molecule has 1 aromatic carbocycles. The van der Waals surface area contributed by atoms with Crippen LogP contribution in [-0.4, -0.2) is 23.2 Å². The van der Waals surface area contributed by atoms with Gasteiger partial charge in [-0.15, -0.1) is 0 Å². The molecule has 0 N–H and O–H groups in total. The summed E-state index contributed by atoms with van der Waals surface area (Å²) in [5, 5.41) is 0. The smallest absolute Gasteiger partial charge is 0.165 e. The summed E-state index contributed by atoms with van der Waals surface area (Å²) in [6.07, 6.45) is 1.09. The number of fused-ring (bicyclic) bond motifs is 1. The number of nitrogens with zero attached hydrogens (tertiary/aromatic N) is 2. The van der Waals surface area contributed by atoms with Gasteiger partial charge in [0, 0.05) is 18.1 Å². The molecule has 0 saturated carbocycles. The monoisotopic (exact) mass is 398 g/mol. The number of methoxy groups -OCH3 is 1. The summed E-state index contributed by atoms with van der Waals surface area (Å²) >= 11 is 6.75. The minimum atomic E-state index is 0.195. The average Bonchev–Trinajstić information content (AvgIpc) is 2.75. The molecular weight excluding hydrogens is 388 g/mol. The maximum atomic E-state index is 5.79. The molecule has 4 nitrogen and oxygen atoms in total. The summed E-state index contributed by atoms with van der Waals surface area (Å²) in [7, 11) is 1.65. The van der Waals surface area contributed by atoms with Crippen molar-refractivity contribution in [3.05, 3.63) is 33.0 Å². The first kappa shape index (κ1) is 13.8. The first-order chi connectivity index (χ1) is 9.56. The van der Waals surface area contributed by atoms with E-state index in [0.717, 1.165) is 29.0 Å². The van der Waals surface area contributed by atoms with Crippen LogP contribution in [0, 0.1) is 0 Å². The Kier molecular flexibility index (Phi) is 3.69. The van der Waals surface area contributed by atoms with Crippen molar-refractivity contribution in [2.24, 2.45) is 0 Å². The van der Waals surface area contributed by atoms with Gasteiger partial charge in [-0.3, -0.25) is 0 Å². The van der Waals surface area contributed by atoms with E-state index in [0.29, 0.717) is 15.0 Å². The van der Waals surface area contributed by atoms with Crippen LogP contribution >= 0.6 is 31.9 Å². The molecular formula is C14H12Br2N2O2. The van der Waals surface area contributed by atoms with Crippen LogP contribution in [0.5, 0.6) is 11.5 Å². The van der Waals surface area contributed by atoms with E-state index in [1.54, 1.807) is 13.2 Å². The van der Waals surface area contributed by atoms with E-state index in [9.17, 15) is 0 Å². The summed E-state index contributed by atoms with van der Waals surface area (Å²) < 4.78 is 12.7. The molecule has 0 bridgehead atoms. The predicted molar refractivity (Wildman–Crippen MR) is 83.2 cm³/mol. The summed E-state index contributed by atoms with van der Waals surface area (Å²) in [6, 6.07) is 5.75. The number of hydrogen-bond donors (Lipinski definition) is 0. The molecule has 6 heteroatoms. The fraction of sp³-hybridized carbons (Fsp3) is 0.286. The van der Waals surface area contributed by atoms with Crippen molar-refractivity contribution < 1.29 is 9.47 Å². The number of halogens is 2. The van der Waals surface area contributed by atoms with E-state index in [1.807, 2.05) is 12.1 Å². The topological polar surface area (TPSA) is 44.2 Å². The number of hydrogen-bond acceptors (Lipinski definition) is 4. The van der Waals surface area contributed by atoms with Gasteiger partial charge < -0.3 is 9.47 Å². The highest BCUT2D eigenvalue weighted by Crippen LogP contribution is 2.39. The Balaban J connectivity index is 2.15. The maximum absolute atomic E-state index is 5.79. The lowest BCUT2D eigenvalue weighted by molar-refractivity contribution is 0.254. The zero-order valence-electron chi connectivity index (χ0n) is 11.0. The molecule has 0 aliphatic carbocycles. The fourth-order valence-electron chi connectivity index (χ4n) is 2.29. The van der Waals surface area contributed by atoms with E-state index >= 15 is 0 Å². The first-order valence-corrected chi connectivity index (χ1v) is 7.73. The van der Waals surface area contributed by atoms with Crippen molar-refractivity contribution in [2.75, 3.05) is 7.11 Å². The zero-order valence-corrected chi connectivity index (χ0v) is 14.2. The number of rotatable bonds is 2. The van der Waals surface area contributed by atoms with Crippen LogP contribution in [0.1, 0.15) is 12.5 Å². The van der Waals surface area contributed by atoms with Gasteiger partial charge in [-0.25, -0.2) is 9.97 Å². The molecule has 0 spiro atoms. The summed E-state index contributed by atoms with van der Waals surface area (Å²) in [6.45, 7) is 2.05. The molecule has 20 heavy (non-hydrogen) atoms. The Hall–Kier alpha value is -1.14. The lowest BCUT2D eigenvalue weighted by Crippen LogP contribution is -2.05. The second-order valence-corrected chi connectivity index (χ2v) is 6.25. The van der Waals surface area contributed by atoms with Crippen molar-refractivity contribution in [3.63, 3.8) is 0 Å². The van der Waals surface area contributed by atoms with Gasteiger partial charge in [0.05, 0.1) is 12.7 Å². The van der Waals surface area contributed by atoms with E-state index < -0.39 is 0 Å². The minimum absolute atomic E-state index is 0.195. The van der Waals surface area contributed by atoms with Crippen LogP contribution in [0.2, 0.25) is 0 Å². The highest BCUT2D eigenvalue weighted by atomic mass is 79.9. The van der Waals surface area contributed by atoms with E-state index in [2.05, 4.69) is 48.8 Å². The van der Waals surface area contributed by atoms with Crippen molar-refractivity contribution in [2.45, 2.75) is 19.4 Å². The number of benzene rings is 1. The van der Waals surface area contributed by atoms with Crippen LogP contribution in [0.25, 0.3) is 11.4 Å². The van der Waals surface area contributed by atoms with Gasteiger partial charge in [0.1, 0.15) is 26.8 Å². The molecule has 1 unspecified atom stereocenters. The second kappa shape index (κ2) is 5.33. The third kappa shape index (κ3) is 2.54. The molecule has 1 aliphatic rings. The Bertz CT molecular complexity index is 656. The summed E-state index contributed by atoms with van der Waals surface area (Å²) in [5.41, 5.74) is 1.98. The third-order valence-corrected chi connectivity index (χ3v) is 3.94. The SMILES string of the molecule is COc1cc2c(cc1-c1nc(Br)cc(Br)n1)OC(C)C2. The maximum Gasteiger partial charge on any atom is 0.165 e. The van der Waals surface area contributed by atoms with Gasteiger partial charge in [0.15, 0.2) is 5.82 Å². The van der Waals surface area contributed by atoms with Crippen molar-refractivity contribution in [1.29, 1.82) is 0 Å². The lowest BCUT2D eigenvalue weighted by atomic mass is 10.1. The van der Waals surface area contributed by atoms with Crippen LogP contribution < -0.4 is 9.47 Å². The summed E-state index contributed by atoms with van der Waals surface area (Å²) in [4.78, 5) is 8.79. The molecule has 1 aliphatic heterocycles. The molecule has 0 saturated heterocycles. The van der Waals surface area contributed by atoms with E-state index in [-0.39, 0.29) is 6.10 Å². The number of ether oxygens (including phenoxy) is 2. The Morgan fingerprint density at radius 1 is 1.20 bits per heavy atom. The normalized spacial score (nSPS) is 16.7. The largest absolute Gasteiger partial charge is 0.496 e. The molecule has 0 fully saturated rings. The van der Waals surface area contributed by atoms with Gasteiger partial charge >= 0.3 is 0 Å². The van der Waals surface area contributed by atoms with Crippen molar-refractivity contribution >= 4 is 31.9 Å². The molecule has 2 aromatic rings. The Labute approximate surface area is 133 Å². The molecule has 3 rings (SSSR count). The predicted octanol–water partition coefficient (Wildman–Crippen LogP) is 4.00. The molecule has 1 aromatic heterocycles. The third-order valence-electron chi connectivity index (χ3n) is 3.12. The van der Waals surface area contributed by atoms with Crippen molar-refractivity contribution in [3.8, 4) is 22.9 Å². The highest BCUT2D eigenvalue weighted by Gasteiger charge is 2.23. The molecule has 0 amide bonds. The van der Waals surface area contributed by atoms with Gasteiger partial charge in [-0.05, 0) is 50.9 Å². The van der Waals surface area contributed by atoms with Gasteiger partial charge in [-0.2, -0.15) is 0 Å². The summed E-state index contributed by atoms with van der Waals surface area (Å²) in [5.74, 6) is 2.23. The lowest BCUT2D eigenvalue weighted by Gasteiger charge is -2.10. The molecule has 0 radical (unpaired) electrons. The molecule has 104 valence electrons. The van der Waals surface area contributed by atoms with Crippen LogP contribution in [0.3, 0.4) is 0 Å². The van der Waals surface area contributed by atoms with Crippen LogP contribution in [0.4, 0.5) is 0 Å². The van der Waals surface area contributed by atoms with Crippen molar-refractivity contribution in [1.82, 2.24) is 9.97 Å². The van der Waals surface area contributed by atoms with Gasteiger partial charge in [0.2, 0.25) is 0 Å². The second-order valence-electron chi connectivity index (χ2n) is 4.63. The minimum Gasteiger partial charge on any atom is -0.496 e. The van der Waals surface area contributed by atoms with Gasteiger partial charge in [0.25, 0.3) is 0 Å². The Morgan fingerprint density at radius 3 is 2.55 bits per heavy atom. The number of aromatic nitrogens is 2. The highest BCUT2D eigenvalue weighted by molar-refractivity contribution is 9.11. The van der Waals surface area contributed by atoms with Crippen LogP contribution in [0.15, 0.2) is 27.4 Å². The Morgan fingerprint density at radius 2 is 1.90 bits per heavy atom. The standard InChI is InChI=1S/C14H12Br2N2O2/c1-7-3-8-4-11(19-2)9(5-10(8)20-7)14-17-12(15)6-13(16)18-14/h4-7H,3H2,1-2H3. The molecule has 2 heterocycles. The van der Waals surface area contributed by atoms with Gasteiger partial charge in [-0.1, -0.05) is 0 Å².